The molecule has 2 nitrogen and oxygen atoms in total. The Kier molecular flexibility index (Phi) is 4.90. The van der Waals surface area contributed by atoms with E-state index in [0.717, 1.165) is 0 Å². The molecule has 0 aliphatic heterocycles. The summed E-state index contributed by atoms with van der Waals surface area (Å²) in [4.78, 5) is 11.6. The largest absolute Gasteiger partial charge is 0.390 e. The fraction of sp³-hybridized carbons (Fsp3) is 0.385. The molecule has 0 amide bonds. The third kappa shape index (κ3) is 5.00. The second-order valence-electron chi connectivity index (χ2n) is 3.97. The fourth-order valence-corrected chi connectivity index (χ4v) is 1.57. The van der Waals surface area contributed by atoms with Crippen LogP contribution in [0.3, 0.4) is 0 Å². The molecule has 96 valence electrons. The van der Waals surface area contributed by atoms with Gasteiger partial charge in [-0.1, -0.05) is 30.3 Å². The van der Waals surface area contributed by atoms with Gasteiger partial charge in [0.05, 0.1) is 18.4 Å². The number of Topliss-reactive ketones (excluding diaryl/α,β-unsaturated/α-hetero) is 1. The van der Waals surface area contributed by atoms with Gasteiger partial charge in [0.2, 0.25) is 0 Å². The van der Waals surface area contributed by atoms with Crippen molar-refractivity contribution in [2.75, 3.05) is 0 Å². The molecule has 0 saturated heterocycles. The van der Waals surface area contributed by atoms with E-state index in [9.17, 15) is 18.0 Å². The maximum absolute atomic E-state index is 12.1. The molecule has 0 unspecified atom stereocenters. The fourth-order valence-electron chi connectivity index (χ4n) is 1.57. The minimum Gasteiger partial charge on any atom is -0.294 e. The Hall–Kier alpha value is -1.83. The number of benzene rings is 1. The van der Waals surface area contributed by atoms with Crippen LogP contribution in [0.2, 0.25) is 0 Å². The van der Waals surface area contributed by atoms with Gasteiger partial charge >= 0.3 is 6.18 Å². The second-order valence-corrected chi connectivity index (χ2v) is 3.97. The van der Waals surface area contributed by atoms with Gasteiger partial charge in [-0.3, -0.25) is 4.79 Å². The minimum atomic E-state index is -4.36. The Labute approximate surface area is 103 Å². The first-order valence-electron chi connectivity index (χ1n) is 5.47. The van der Waals surface area contributed by atoms with Crippen LogP contribution >= 0.6 is 0 Å². The minimum absolute atomic E-state index is 0.0433. The number of hydrogen-bond acceptors (Lipinski definition) is 2. The van der Waals surface area contributed by atoms with E-state index >= 15 is 0 Å². The van der Waals surface area contributed by atoms with Crippen molar-refractivity contribution in [3.8, 4) is 6.07 Å². The van der Waals surface area contributed by atoms with E-state index in [2.05, 4.69) is 0 Å². The van der Waals surface area contributed by atoms with Crippen LogP contribution < -0.4 is 0 Å². The molecule has 1 rings (SSSR count). The number of carbonyl (C=O) groups excluding carboxylic acids is 1. The predicted octanol–water partition coefficient (Wildman–Crippen LogP) is 3.74. The van der Waals surface area contributed by atoms with E-state index in [-0.39, 0.29) is 18.6 Å². The van der Waals surface area contributed by atoms with Crippen molar-refractivity contribution in [2.24, 2.45) is 5.92 Å². The summed E-state index contributed by atoms with van der Waals surface area (Å²) in [6.07, 6.45) is -5.64. The molecule has 1 aromatic rings. The van der Waals surface area contributed by atoms with Crippen molar-refractivity contribution in [3.05, 3.63) is 35.9 Å². The van der Waals surface area contributed by atoms with Crippen molar-refractivity contribution in [3.63, 3.8) is 0 Å². The van der Waals surface area contributed by atoms with Gasteiger partial charge in [0, 0.05) is 12.0 Å². The molecule has 5 heteroatoms. The SMILES string of the molecule is N#C[C@@H](CCC(=O)c1ccccc1)CC(F)(F)F. The third-order valence-electron chi connectivity index (χ3n) is 2.48. The van der Waals surface area contributed by atoms with E-state index in [0.29, 0.717) is 5.56 Å². The number of rotatable bonds is 5. The highest BCUT2D eigenvalue weighted by molar-refractivity contribution is 5.95. The standard InChI is InChI=1S/C13H12F3NO/c14-13(15,16)8-10(9-17)6-7-12(18)11-4-2-1-3-5-11/h1-5,10H,6-8H2/t10-/m0/s1. The van der Waals surface area contributed by atoms with Gasteiger partial charge in [-0.2, -0.15) is 18.4 Å². The molecule has 0 aromatic heterocycles. The van der Waals surface area contributed by atoms with Gasteiger partial charge in [0.25, 0.3) is 0 Å². The van der Waals surface area contributed by atoms with Crippen LogP contribution in [0.15, 0.2) is 30.3 Å². The lowest BCUT2D eigenvalue weighted by molar-refractivity contribution is -0.141. The summed E-state index contributed by atoms with van der Waals surface area (Å²) in [5, 5.41) is 8.61. The Morgan fingerprint density at radius 1 is 1.28 bits per heavy atom. The highest BCUT2D eigenvalue weighted by Crippen LogP contribution is 2.27. The molecule has 0 N–H and O–H groups in total. The van der Waals surface area contributed by atoms with Crippen LogP contribution in [-0.2, 0) is 0 Å². The van der Waals surface area contributed by atoms with Crippen molar-refractivity contribution in [1.82, 2.24) is 0 Å². The zero-order valence-corrected chi connectivity index (χ0v) is 9.57. The Bertz CT molecular complexity index is 434. The molecule has 18 heavy (non-hydrogen) atoms. The first-order chi connectivity index (χ1) is 8.42. The van der Waals surface area contributed by atoms with Gasteiger partial charge in [0.1, 0.15) is 0 Å². The molecule has 0 radical (unpaired) electrons. The lowest BCUT2D eigenvalue weighted by Crippen LogP contribution is -2.15. The molecule has 0 bridgehead atoms. The highest BCUT2D eigenvalue weighted by Gasteiger charge is 2.32. The summed E-state index contributed by atoms with van der Waals surface area (Å²) in [7, 11) is 0. The second kappa shape index (κ2) is 6.20. The number of halogens is 3. The molecule has 0 heterocycles. The molecular formula is C13H12F3NO. The van der Waals surface area contributed by atoms with E-state index in [1.165, 1.54) is 0 Å². The number of hydrogen-bond donors (Lipinski definition) is 0. The van der Waals surface area contributed by atoms with Crippen LogP contribution in [0.5, 0.6) is 0 Å². The number of carbonyl (C=O) groups is 1. The average molecular weight is 255 g/mol. The van der Waals surface area contributed by atoms with Crippen LogP contribution in [0.1, 0.15) is 29.6 Å². The van der Waals surface area contributed by atoms with Crippen LogP contribution in [0.4, 0.5) is 13.2 Å². The van der Waals surface area contributed by atoms with Gasteiger partial charge in [-0.25, -0.2) is 0 Å². The maximum atomic E-state index is 12.1. The van der Waals surface area contributed by atoms with Gasteiger partial charge in [-0.05, 0) is 6.42 Å². The van der Waals surface area contributed by atoms with Crippen LogP contribution in [-0.4, -0.2) is 12.0 Å². The van der Waals surface area contributed by atoms with E-state index in [1.807, 2.05) is 0 Å². The smallest absolute Gasteiger partial charge is 0.294 e. The zero-order valence-electron chi connectivity index (χ0n) is 9.57. The summed E-state index contributed by atoms with van der Waals surface area (Å²) in [6, 6.07) is 9.92. The van der Waals surface area contributed by atoms with Gasteiger partial charge < -0.3 is 0 Å². The molecule has 0 aliphatic rings. The lowest BCUT2D eigenvalue weighted by atomic mass is 9.97. The Morgan fingerprint density at radius 3 is 2.39 bits per heavy atom. The number of alkyl halides is 3. The summed E-state index contributed by atoms with van der Waals surface area (Å²) in [5.41, 5.74) is 0.459. The Balaban J connectivity index is 2.50. The first kappa shape index (κ1) is 14.2. The van der Waals surface area contributed by atoms with Crippen molar-refractivity contribution in [1.29, 1.82) is 5.26 Å². The third-order valence-corrected chi connectivity index (χ3v) is 2.48. The van der Waals surface area contributed by atoms with E-state index < -0.39 is 18.5 Å². The number of nitriles is 1. The van der Waals surface area contributed by atoms with E-state index in [4.69, 9.17) is 5.26 Å². The number of nitrogens with zero attached hydrogens (tertiary/aromatic N) is 1. The normalized spacial score (nSPS) is 12.8. The molecule has 0 fully saturated rings. The van der Waals surface area contributed by atoms with Crippen LogP contribution in [0.25, 0.3) is 0 Å². The molecule has 0 aliphatic carbocycles. The van der Waals surface area contributed by atoms with Crippen molar-refractivity contribution in [2.45, 2.75) is 25.4 Å². The zero-order chi connectivity index (χ0) is 13.6. The van der Waals surface area contributed by atoms with E-state index in [1.54, 1.807) is 36.4 Å². The summed E-state index contributed by atoms with van der Waals surface area (Å²) in [6.45, 7) is 0. The topological polar surface area (TPSA) is 40.9 Å². The molecule has 1 atom stereocenters. The van der Waals surface area contributed by atoms with Gasteiger partial charge in [-0.15, -0.1) is 0 Å². The van der Waals surface area contributed by atoms with Crippen LogP contribution in [0, 0.1) is 17.2 Å². The molecule has 0 saturated carbocycles. The molecule has 1 aromatic carbocycles. The highest BCUT2D eigenvalue weighted by atomic mass is 19.4. The summed E-state index contributed by atoms with van der Waals surface area (Å²) < 4.78 is 36.3. The summed E-state index contributed by atoms with van der Waals surface area (Å²) in [5.74, 6) is -1.39. The molecule has 0 spiro atoms. The monoisotopic (exact) mass is 255 g/mol. The predicted molar refractivity (Wildman–Crippen MR) is 59.8 cm³/mol. The Morgan fingerprint density at radius 2 is 1.89 bits per heavy atom. The first-order valence-corrected chi connectivity index (χ1v) is 5.47. The maximum Gasteiger partial charge on any atom is 0.390 e. The number of ketones is 1. The molecular weight excluding hydrogens is 243 g/mol. The quantitative estimate of drug-likeness (QED) is 0.752. The van der Waals surface area contributed by atoms with Crippen molar-refractivity contribution < 1.29 is 18.0 Å². The van der Waals surface area contributed by atoms with Crippen molar-refractivity contribution >= 4 is 5.78 Å². The lowest BCUT2D eigenvalue weighted by Gasteiger charge is -2.11. The van der Waals surface area contributed by atoms with Gasteiger partial charge in [0.15, 0.2) is 5.78 Å². The summed E-state index contributed by atoms with van der Waals surface area (Å²) >= 11 is 0. The average Bonchev–Trinajstić information content (AvgIpc) is 2.33.